The largest absolute Gasteiger partial charge is 0.352 e. The second-order valence-electron chi connectivity index (χ2n) is 6.55. The minimum Gasteiger partial charge on any atom is -0.352 e. The number of hydrogen-bond donors (Lipinski definition) is 1. The van der Waals surface area contributed by atoms with Gasteiger partial charge in [-0.3, -0.25) is 9.59 Å². The van der Waals surface area contributed by atoms with Crippen LogP contribution in [0.25, 0.3) is 0 Å². The molecule has 138 valence electrons. The minimum atomic E-state index is -0.168. The molecule has 0 amide bonds. The Bertz CT molecular complexity index is 1050. The number of anilines is 3. The molecule has 0 aromatic heterocycles. The second kappa shape index (κ2) is 7.53. The normalized spacial score (nSPS) is 13.0. The van der Waals surface area contributed by atoms with Gasteiger partial charge in [-0.25, -0.2) is 0 Å². The topological polar surface area (TPSA) is 49.4 Å². The van der Waals surface area contributed by atoms with Crippen LogP contribution >= 0.6 is 0 Å². The van der Waals surface area contributed by atoms with Crippen LogP contribution < -0.4 is 10.2 Å². The van der Waals surface area contributed by atoms with Crippen molar-refractivity contribution in [3.63, 3.8) is 0 Å². The van der Waals surface area contributed by atoms with Crippen molar-refractivity contribution in [1.82, 2.24) is 0 Å². The lowest BCUT2D eigenvalue weighted by molar-refractivity contribution is 0.0985. The van der Waals surface area contributed by atoms with Gasteiger partial charge in [0.2, 0.25) is 5.78 Å². The van der Waals surface area contributed by atoms with E-state index in [9.17, 15) is 9.59 Å². The van der Waals surface area contributed by atoms with Crippen molar-refractivity contribution in [2.45, 2.75) is 6.92 Å². The van der Waals surface area contributed by atoms with Crippen LogP contribution in [0, 0.1) is 0 Å². The molecule has 0 unspecified atom stereocenters. The van der Waals surface area contributed by atoms with Gasteiger partial charge in [-0.05, 0) is 43.3 Å². The number of benzene rings is 3. The van der Waals surface area contributed by atoms with Gasteiger partial charge in [-0.1, -0.05) is 42.5 Å². The van der Waals surface area contributed by atoms with Crippen molar-refractivity contribution in [3.8, 4) is 0 Å². The van der Waals surface area contributed by atoms with E-state index in [2.05, 4.69) is 29.3 Å². The quantitative estimate of drug-likeness (QED) is 0.671. The van der Waals surface area contributed by atoms with Gasteiger partial charge in [-0.15, -0.1) is 0 Å². The standard InChI is InChI=1S/C24H20N2O2/c1-2-26(18-8-4-3-5-9-18)19-14-12-17(13-15-19)25-22-16-23(27)20-10-6-7-11-21(20)24(22)28/h3-16,25H,2H2,1H3. The molecule has 0 heterocycles. The lowest BCUT2D eigenvalue weighted by Crippen LogP contribution is -2.21. The van der Waals surface area contributed by atoms with E-state index in [-0.39, 0.29) is 11.6 Å². The number of carbonyl (C=O) groups is 2. The third kappa shape index (κ3) is 3.32. The molecule has 0 radical (unpaired) electrons. The van der Waals surface area contributed by atoms with Crippen molar-refractivity contribution >= 4 is 28.6 Å². The fourth-order valence-corrected chi connectivity index (χ4v) is 3.41. The van der Waals surface area contributed by atoms with Crippen LogP contribution in [0.3, 0.4) is 0 Å². The molecule has 0 bridgehead atoms. The summed E-state index contributed by atoms with van der Waals surface area (Å²) in [5.41, 5.74) is 4.14. The van der Waals surface area contributed by atoms with E-state index in [0.717, 1.165) is 23.6 Å². The van der Waals surface area contributed by atoms with Crippen LogP contribution in [0.2, 0.25) is 0 Å². The van der Waals surface area contributed by atoms with Gasteiger partial charge in [0.1, 0.15) is 0 Å². The molecular weight excluding hydrogens is 348 g/mol. The molecular formula is C24H20N2O2. The second-order valence-corrected chi connectivity index (χ2v) is 6.55. The molecule has 0 fully saturated rings. The first-order valence-corrected chi connectivity index (χ1v) is 9.27. The number of ketones is 2. The van der Waals surface area contributed by atoms with Crippen LogP contribution in [0.5, 0.6) is 0 Å². The van der Waals surface area contributed by atoms with Crippen LogP contribution in [0.1, 0.15) is 27.6 Å². The number of fused-ring (bicyclic) bond motifs is 1. The number of carbonyl (C=O) groups excluding carboxylic acids is 2. The highest BCUT2D eigenvalue weighted by molar-refractivity contribution is 6.25. The van der Waals surface area contributed by atoms with E-state index in [1.54, 1.807) is 24.3 Å². The van der Waals surface area contributed by atoms with Crippen LogP contribution in [-0.4, -0.2) is 18.1 Å². The minimum absolute atomic E-state index is 0.157. The maximum Gasteiger partial charge on any atom is 0.210 e. The van der Waals surface area contributed by atoms with Crippen molar-refractivity contribution in [2.75, 3.05) is 16.8 Å². The summed E-state index contributed by atoms with van der Waals surface area (Å²) in [5, 5.41) is 3.10. The number of hydrogen-bond acceptors (Lipinski definition) is 4. The third-order valence-corrected chi connectivity index (χ3v) is 4.80. The van der Waals surface area contributed by atoms with Crippen LogP contribution in [0.4, 0.5) is 17.1 Å². The lowest BCUT2D eigenvalue weighted by atomic mass is 9.92. The molecule has 1 N–H and O–H groups in total. The molecule has 1 aliphatic rings. The van der Waals surface area contributed by atoms with E-state index < -0.39 is 0 Å². The molecule has 4 nitrogen and oxygen atoms in total. The summed E-state index contributed by atoms with van der Waals surface area (Å²) in [6.45, 7) is 2.94. The summed E-state index contributed by atoms with van der Waals surface area (Å²) in [4.78, 5) is 27.2. The van der Waals surface area contributed by atoms with E-state index in [1.165, 1.54) is 6.08 Å². The fourth-order valence-electron chi connectivity index (χ4n) is 3.41. The van der Waals surface area contributed by atoms with Crippen molar-refractivity contribution in [3.05, 3.63) is 102 Å². The van der Waals surface area contributed by atoms with E-state index in [1.807, 2.05) is 42.5 Å². The van der Waals surface area contributed by atoms with Crippen molar-refractivity contribution in [1.29, 1.82) is 0 Å². The molecule has 0 spiro atoms. The first kappa shape index (κ1) is 17.7. The summed E-state index contributed by atoms with van der Waals surface area (Å²) >= 11 is 0. The van der Waals surface area contributed by atoms with Gasteiger partial charge in [0.05, 0.1) is 5.70 Å². The Hall–Kier alpha value is -3.66. The molecule has 3 aromatic carbocycles. The van der Waals surface area contributed by atoms with Gasteiger partial charge >= 0.3 is 0 Å². The molecule has 0 saturated heterocycles. The number of nitrogens with one attached hydrogen (secondary N) is 1. The maximum atomic E-state index is 12.7. The predicted molar refractivity (Wildman–Crippen MR) is 112 cm³/mol. The van der Waals surface area contributed by atoms with Gasteiger partial charge in [0, 0.05) is 40.8 Å². The molecule has 1 aliphatic carbocycles. The van der Waals surface area contributed by atoms with Gasteiger partial charge in [0.25, 0.3) is 0 Å². The monoisotopic (exact) mass is 368 g/mol. The first-order chi connectivity index (χ1) is 13.7. The number of allylic oxidation sites excluding steroid dienone is 2. The Morgan fingerprint density at radius 3 is 2.04 bits per heavy atom. The molecule has 4 heteroatoms. The smallest absolute Gasteiger partial charge is 0.210 e. The summed E-state index contributed by atoms with van der Waals surface area (Å²) in [6, 6.07) is 24.9. The SMILES string of the molecule is CCN(c1ccccc1)c1ccc(NC2=CC(=O)c3ccccc3C2=O)cc1. The van der Waals surface area contributed by atoms with E-state index >= 15 is 0 Å². The average Bonchev–Trinajstić information content (AvgIpc) is 2.74. The Morgan fingerprint density at radius 2 is 1.36 bits per heavy atom. The Labute approximate surface area is 164 Å². The zero-order chi connectivity index (χ0) is 19.5. The Balaban J connectivity index is 1.56. The molecule has 0 saturated carbocycles. The number of nitrogens with zero attached hydrogens (tertiary/aromatic N) is 1. The summed E-state index contributed by atoms with van der Waals surface area (Å²) in [7, 11) is 0. The first-order valence-electron chi connectivity index (χ1n) is 9.27. The third-order valence-electron chi connectivity index (χ3n) is 4.80. The van der Waals surface area contributed by atoms with Crippen molar-refractivity contribution in [2.24, 2.45) is 0 Å². The molecule has 4 rings (SSSR count). The summed E-state index contributed by atoms with van der Waals surface area (Å²) in [6.07, 6.45) is 1.38. The van der Waals surface area contributed by atoms with Gasteiger partial charge in [0.15, 0.2) is 5.78 Å². The molecule has 3 aromatic rings. The molecule has 0 atom stereocenters. The van der Waals surface area contributed by atoms with Crippen molar-refractivity contribution < 1.29 is 9.59 Å². The fraction of sp³-hybridized carbons (Fsp3) is 0.0833. The highest BCUT2D eigenvalue weighted by atomic mass is 16.1. The highest BCUT2D eigenvalue weighted by Crippen LogP contribution is 2.27. The Kier molecular flexibility index (Phi) is 4.77. The maximum absolute atomic E-state index is 12.7. The molecule has 0 aliphatic heterocycles. The Morgan fingerprint density at radius 1 is 0.750 bits per heavy atom. The summed E-state index contributed by atoms with van der Waals surface area (Å²) in [5.74, 6) is -0.325. The molecule has 28 heavy (non-hydrogen) atoms. The zero-order valence-corrected chi connectivity index (χ0v) is 15.6. The van der Waals surface area contributed by atoms with Gasteiger partial charge < -0.3 is 10.2 Å². The summed E-state index contributed by atoms with van der Waals surface area (Å²) < 4.78 is 0. The number of Topliss-reactive ketones (excluding diaryl/α,β-unsaturated/α-hetero) is 1. The lowest BCUT2D eigenvalue weighted by Gasteiger charge is -2.23. The van der Waals surface area contributed by atoms with E-state index in [4.69, 9.17) is 0 Å². The van der Waals surface area contributed by atoms with E-state index in [0.29, 0.717) is 16.8 Å². The number of rotatable bonds is 5. The predicted octanol–water partition coefficient (Wildman–Crippen LogP) is 5.22. The van der Waals surface area contributed by atoms with Gasteiger partial charge in [-0.2, -0.15) is 0 Å². The van der Waals surface area contributed by atoms with Crippen LogP contribution in [-0.2, 0) is 0 Å². The average molecular weight is 368 g/mol. The zero-order valence-electron chi connectivity index (χ0n) is 15.6. The van der Waals surface area contributed by atoms with Crippen LogP contribution in [0.15, 0.2) is 90.6 Å². The highest BCUT2D eigenvalue weighted by Gasteiger charge is 2.25. The number of para-hydroxylation sites is 1.